The molecular weight excluding hydrogens is 572 g/mol. The molecule has 46 heavy (non-hydrogen) atoms. The fourth-order valence-corrected chi connectivity index (χ4v) is 8.26. The van der Waals surface area contributed by atoms with E-state index >= 15 is 0 Å². The van der Waals surface area contributed by atoms with Crippen molar-refractivity contribution in [3.05, 3.63) is 71.0 Å². The van der Waals surface area contributed by atoms with Gasteiger partial charge < -0.3 is 20.6 Å². The molecule has 2 aromatic carbocycles. The standard InChI is InChI=1S/C38H50N6O2/c1-3-5-19-43-23-33-27(25-13-7-9-15-29(25)39-33)21-35(43)37(45)41-31-17-11-12-18-32(31)42-38(46)36-22-28-26-14-8-10-16-30(26)40-34(28)24-44(36)20-6-4-2/h7-10,13-16,31-32,35-36,39-40H,3-6,11-12,17-24H2,1-2H3,(H,41,45)(H,42,46)/t31-,32-,35-,36-/m0/s1. The van der Waals surface area contributed by atoms with Gasteiger partial charge >= 0.3 is 0 Å². The highest BCUT2D eigenvalue weighted by atomic mass is 16.2. The Balaban J connectivity index is 1.08. The first-order chi connectivity index (χ1) is 22.5. The van der Waals surface area contributed by atoms with Crippen LogP contribution in [-0.4, -0.2) is 68.8 Å². The number of aromatic amines is 2. The minimum absolute atomic E-state index is 0.0566. The number of nitrogens with one attached hydrogen (secondary N) is 4. The Labute approximate surface area is 272 Å². The number of carbonyl (C=O) groups excluding carboxylic acids is 2. The highest BCUT2D eigenvalue weighted by Gasteiger charge is 2.38. The monoisotopic (exact) mass is 622 g/mol. The van der Waals surface area contributed by atoms with Crippen LogP contribution in [0.15, 0.2) is 48.5 Å². The molecule has 0 unspecified atom stereocenters. The van der Waals surface area contributed by atoms with Crippen LogP contribution in [0.5, 0.6) is 0 Å². The summed E-state index contributed by atoms with van der Waals surface area (Å²) >= 11 is 0. The van der Waals surface area contributed by atoms with E-state index in [9.17, 15) is 9.59 Å². The molecule has 8 nitrogen and oxygen atoms in total. The number of amides is 2. The number of fused-ring (bicyclic) bond motifs is 6. The molecule has 2 aliphatic heterocycles. The number of hydrogen-bond donors (Lipinski definition) is 4. The van der Waals surface area contributed by atoms with E-state index in [1.54, 1.807) is 0 Å². The van der Waals surface area contributed by atoms with E-state index in [1.165, 1.54) is 33.3 Å². The van der Waals surface area contributed by atoms with Crippen molar-refractivity contribution in [1.82, 2.24) is 30.4 Å². The Bertz CT molecular complexity index is 1560. The number of unbranched alkanes of at least 4 members (excludes halogenated alkanes) is 2. The van der Waals surface area contributed by atoms with E-state index in [2.05, 4.69) is 92.8 Å². The number of carbonyl (C=O) groups is 2. The van der Waals surface area contributed by atoms with E-state index in [0.717, 1.165) is 88.6 Å². The second-order valence-corrected chi connectivity index (χ2v) is 13.9. The quantitative estimate of drug-likeness (QED) is 0.176. The number of nitrogens with zero attached hydrogens (tertiary/aromatic N) is 2. The van der Waals surface area contributed by atoms with Gasteiger partial charge in [0.25, 0.3) is 0 Å². The minimum atomic E-state index is -0.209. The molecule has 1 aliphatic carbocycles. The lowest BCUT2D eigenvalue weighted by atomic mass is 9.88. The van der Waals surface area contributed by atoms with Gasteiger partial charge in [0, 0.05) is 58.4 Å². The van der Waals surface area contributed by atoms with Gasteiger partial charge in [0.05, 0.1) is 12.1 Å². The van der Waals surface area contributed by atoms with Crippen LogP contribution in [0, 0.1) is 0 Å². The van der Waals surface area contributed by atoms with Crippen molar-refractivity contribution in [2.75, 3.05) is 13.1 Å². The zero-order valence-corrected chi connectivity index (χ0v) is 27.5. The van der Waals surface area contributed by atoms with Crippen LogP contribution < -0.4 is 10.6 Å². The van der Waals surface area contributed by atoms with Gasteiger partial charge in [-0.3, -0.25) is 19.4 Å². The summed E-state index contributed by atoms with van der Waals surface area (Å²) in [6.45, 7) is 7.74. The predicted molar refractivity (Wildman–Crippen MR) is 185 cm³/mol. The van der Waals surface area contributed by atoms with Gasteiger partial charge in [-0.25, -0.2) is 0 Å². The average Bonchev–Trinajstić information content (AvgIpc) is 3.63. The van der Waals surface area contributed by atoms with Crippen LogP contribution in [0.2, 0.25) is 0 Å². The largest absolute Gasteiger partial charge is 0.357 e. The summed E-state index contributed by atoms with van der Waals surface area (Å²) < 4.78 is 0. The first kappa shape index (κ1) is 31.0. The summed E-state index contributed by atoms with van der Waals surface area (Å²) in [5.41, 5.74) is 7.32. The normalized spacial score (nSPS) is 23.7. The van der Waals surface area contributed by atoms with Gasteiger partial charge in [-0.2, -0.15) is 0 Å². The molecule has 1 fully saturated rings. The minimum Gasteiger partial charge on any atom is -0.357 e. The fraction of sp³-hybridized carbons (Fsp3) is 0.526. The number of hydrogen-bond acceptors (Lipinski definition) is 4. The molecule has 1 saturated carbocycles. The van der Waals surface area contributed by atoms with Crippen molar-refractivity contribution in [1.29, 1.82) is 0 Å². The van der Waals surface area contributed by atoms with E-state index in [4.69, 9.17) is 0 Å². The van der Waals surface area contributed by atoms with Gasteiger partial charge in [-0.1, -0.05) is 75.9 Å². The maximum Gasteiger partial charge on any atom is 0.238 e. The van der Waals surface area contributed by atoms with Crippen molar-refractivity contribution in [3.63, 3.8) is 0 Å². The Morgan fingerprint density at radius 1 is 0.696 bits per heavy atom. The van der Waals surface area contributed by atoms with E-state index in [-0.39, 0.29) is 36.0 Å². The van der Waals surface area contributed by atoms with Gasteiger partial charge in [0.1, 0.15) is 0 Å². The zero-order valence-electron chi connectivity index (χ0n) is 27.5. The number of benzene rings is 2. The molecule has 7 rings (SSSR count). The smallest absolute Gasteiger partial charge is 0.238 e. The van der Waals surface area contributed by atoms with Crippen molar-refractivity contribution < 1.29 is 9.59 Å². The molecule has 3 aliphatic rings. The first-order valence-electron chi connectivity index (χ1n) is 17.8. The van der Waals surface area contributed by atoms with Gasteiger partial charge in [0.15, 0.2) is 0 Å². The molecule has 0 radical (unpaired) electrons. The van der Waals surface area contributed by atoms with Crippen LogP contribution in [0.1, 0.15) is 87.7 Å². The van der Waals surface area contributed by atoms with Crippen LogP contribution in [0.4, 0.5) is 0 Å². The molecule has 4 atom stereocenters. The SMILES string of the molecule is CCCCN1Cc2[nH]c3ccccc3c2C[C@H]1C(=O)N[C@H]1CCCC[C@@H]1NC(=O)[C@@H]1Cc2c([nH]c3ccccc23)CN1CCCC. The summed E-state index contributed by atoms with van der Waals surface area (Å²) in [4.78, 5) is 40.3. The zero-order chi connectivity index (χ0) is 31.6. The van der Waals surface area contributed by atoms with Crippen LogP contribution in [-0.2, 0) is 35.5 Å². The Hall–Kier alpha value is -3.62. The molecule has 2 amide bonds. The molecule has 2 aromatic heterocycles. The maximum absolute atomic E-state index is 14.2. The molecule has 0 spiro atoms. The lowest BCUT2D eigenvalue weighted by Gasteiger charge is -2.40. The van der Waals surface area contributed by atoms with Crippen molar-refractivity contribution in [3.8, 4) is 0 Å². The molecule has 0 saturated heterocycles. The maximum atomic E-state index is 14.2. The van der Waals surface area contributed by atoms with Crippen molar-refractivity contribution in [2.45, 2.75) is 115 Å². The number of rotatable bonds is 10. The third-order valence-corrected chi connectivity index (χ3v) is 10.8. The Morgan fingerprint density at radius 3 is 1.57 bits per heavy atom. The fourth-order valence-electron chi connectivity index (χ4n) is 8.26. The number of aromatic nitrogens is 2. The van der Waals surface area contributed by atoms with E-state index < -0.39 is 0 Å². The molecular formula is C38H50N6O2. The molecule has 0 bridgehead atoms. The molecule has 4 aromatic rings. The van der Waals surface area contributed by atoms with Gasteiger partial charge in [-0.15, -0.1) is 0 Å². The van der Waals surface area contributed by atoms with E-state index in [0.29, 0.717) is 12.8 Å². The third-order valence-electron chi connectivity index (χ3n) is 10.8. The molecule has 8 heteroatoms. The molecule has 4 N–H and O–H groups in total. The number of para-hydroxylation sites is 2. The summed E-state index contributed by atoms with van der Waals surface area (Å²) in [5.74, 6) is 0.202. The number of H-pyrrole nitrogens is 2. The summed E-state index contributed by atoms with van der Waals surface area (Å²) in [6, 6.07) is 16.4. The third kappa shape index (κ3) is 6.09. The topological polar surface area (TPSA) is 96.3 Å². The lowest BCUT2D eigenvalue weighted by molar-refractivity contribution is -0.131. The van der Waals surface area contributed by atoms with E-state index in [1.807, 2.05) is 0 Å². The Morgan fingerprint density at radius 2 is 1.13 bits per heavy atom. The summed E-state index contributed by atoms with van der Waals surface area (Å²) in [7, 11) is 0. The highest BCUT2D eigenvalue weighted by molar-refractivity contribution is 5.89. The summed E-state index contributed by atoms with van der Waals surface area (Å²) in [5, 5.41) is 9.42. The Kier molecular flexibility index (Phi) is 9.18. The van der Waals surface area contributed by atoms with Crippen LogP contribution in [0.3, 0.4) is 0 Å². The van der Waals surface area contributed by atoms with Crippen molar-refractivity contribution in [2.24, 2.45) is 0 Å². The van der Waals surface area contributed by atoms with Crippen LogP contribution in [0.25, 0.3) is 21.8 Å². The van der Waals surface area contributed by atoms with Gasteiger partial charge in [0.2, 0.25) is 11.8 Å². The second-order valence-electron chi connectivity index (χ2n) is 13.9. The van der Waals surface area contributed by atoms with Gasteiger partial charge in [-0.05, 0) is 74.9 Å². The highest BCUT2D eigenvalue weighted by Crippen LogP contribution is 2.33. The van der Waals surface area contributed by atoms with Crippen LogP contribution >= 0.6 is 0 Å². The molecule has 244 valence electrons. The van der Waals surface area contributed by atoms with Crippen molar-refractivity contribution >= 4 is 33.6 Å². The lowest BCUT2D eigenvalue weighted by Crippen LogP contribution is -2.60. The predicted octanol–water partition coefficient (Wildman–Crippen LogP) is 5.95. The first-order valence-corrected chi connectivity index (χ1v) is 17.8. The molecule has 4 heterocycles. The summed E-state index contributed by atoms with van der Waals surface area (Å²) in [6.07, 6.45) is 9.67. The second kappa shape index (κ2) is 13.6. The average molecular weight is 623 g/mol.